The van der Waals surface area contributed by atoms with Crippen LogP contribution in [0.25, 0.3) is 0 Å². The van der Waals surface area contributed by atoms with Gasteiger partial charge in [0.1, 0.15) is 17.7 Å². The predicted molar refractivity (Wildman–Crippen MR) is 76.0 cm³/mol. The first-order chi connectivity index (χ1) is 10.6. The Morgan fingerprint density at radius 1 is 1.41 bits per heavy atom. The van der Waals surface area contributed by atoms with Crippen molar-refractivity contribution in [2.75, 3.05) is 19.7 Å². The SMILES string of the molecule is O=C(O)c1ccc(CN2CCOC(c3ccco3)C2)c(F)c1. The summed E-state index contributed by atoms with van der Waals surface area (Å²) in [6, 6.07) is 7.67. The van der Waals surface area contributed by atoms with Gasteiger partial charge in [0.25, 0.3) is 0 Å². The van der Waals surface area contributed by atoms with Crippen molar-refractivity contribution in [1.29, 1.82) is 0 Å². The third-order valence-electron chi connectivity index (χ3n) is 3.71. The van der Waals surface area contributed by atoms with Gasteiger partial charge in [-0.05, 0) is 24.3 Å². The van der Waals surface area contributed by atoms with Crippen LogP contribution in [0.1, 0.15) is 27.8 Å². The number of carbonyl (C=O) groups is 1. The molecule has 1 saturated heterocycles. The monoisotopic (exact) mass is 305 g/mol. The topological polar surface area (TPSA) is 62.9 Å². The van der Waals surface area contributed by atoms with Crippen LogP contribution < -0.4 is 0 Å². The quantitative estimate of drug-likeness (QED) is 0.941. The molecule has 0 bridgehead atoms. The molecule has 1 aliphatic rings. The van der Waals surface area contributed by atoms with Crippen molar-refractivity contribution in [3.05, 3.63) is 59.3 Å². The van der Waals surface area contributed by atoms with Crippen molar-refractivity contribution in [2.45, 2.75) is 12.6 Å². The summed E-state index contributed by atoms with van der Waals surface area (Å²) in [4.78, 5) is 12.9. The van der Waals surface area contributed by atoms with Crippen LogP contribution in [0.5, 0.6) is 0 Å². The minimum Gasteiger partial charge on any atom is -0.478 e. The maximum atomic E-state index is 14.0. The minimum atomic E-state index is -1.13. The van der Waals surface area contributed by atoms with Crippen LogP contribution >= 0.6 is 0 Å². The molecule has 1 atom stereocenters. The number of rotatable bonds is 4. The summed E-state index contributed by atoms with van der Waals surface area (Å²) in [7, 11) is 0. The number of furan rings is 1. The Morgan fingerprint density at radius 3 is 2.95 bits per heavy atom. The number of hydrogen-bond acceptors (Lipinski definition) is 4. The highest BCUT2D eigenvalue weighted by atomic mass is 19.1. The van der Waals surface area contributed by atoms with Crippen LogP contribution in [-0.4, -0.2) is 35.7 Å². The third kappa shape index (κ3) is 3.18. The highest BCUT2D eigenvalue weighted by Crippen LogP contribution is 2.24. The summed E-state index contributed by atoms with van der Waals surface area (Å²) in [5.74, 6) is -0.873. The average Bonchev–Trinajstić information content (AvgIpc) is 3.04. The third-order valence-corrected chi connectivity index (χ3v) is 3.71. The fourth-order valence-corrected chi connectivity index (χ4v) is 2.54. The molecule has 1 aromatic heterocycles. The lowest BCUT2D eigenvalue weighted by molar-refractivity contribution is -0.0430. The zero-order valence-electron chi connectivity index (χ0n) is 11.9. The number of nitrogens with zero attached hydrogens (tertiary/aromatic N) is 1. The fraction of sp³-hybridized carbons (Fsp3) is 0.312. The summed E-state index contributed by atoms with van der Waals surface area (Å²) in [5, 5.41) is 8.86. The normalized spacial score (nSPS) is 19.2. The molecule has 22 heavy (non-hydrogen) atoms. The Morgan fingerprint density at radius 2 is 2.27 bits per heavy atom. The van der Waals surface area contributed by atoms with E-state index in [4.69, 9.17) is 14.3 Å². The van der Waals surface area contributed by atoms with Crippen molar-refractivity contribution in [3.63, 3.8) is 0 Å². The average molecular weight is 305 g/mol. The molecule has 116 valence electrons. The number of aromatic carboxylic acids is 1. The van der Waals surface area contributed by atoms with E-state index in [-0.39, 0.29) is 11.7 Å². The van der Waals surface area contributed by atoms with Gasteiger partial charge in [0.05, 0.1) is 18.4 Å². The van der Waals surface area contributed by atoms with Gasteiger partial charge in [0, 0.05) is 25.2 Å². The molecule has 2 aromatic rings. The van der Waals surface area contributed by atoms with Crippen LogP contribution in [0, 0.1) is 5.82 Å². The maximum Gasteiger partial charge on any atom is 0.335 e. The van der Waals surface area contributed by atoms with Crippen LogP contribution in [0.15, 0.2) is 41.0 Å². The second kappa shape index (κ2) is 6.29. The maximum absolute atomic E-state index is 14.0. The molecule has 0 amide bonds. The summed E-state index contributed by atoms with van der Waals surface area (Å²) < 4.78 is 25.0. The zero-order chi connectivity index (χ0) is 15.5. The Hall–Kier alpha value is -2.18. The molecule has 1 aromatic carbocycles. The lowest BCUT2D eigenvalue weighted by Gasteiger charge is -2.32. The first kappa shape index (κ1) is 14.7. The van der Waals surface area contributed by atoms with Crippen molar-refractivity contribution >= 4 is 5.97 Å². The van der Waals surface area contributed by atoms with Gasteiger partial charge >= 0.3 is 5.97 Å². The number of benzene rings is 1. The van der Waals surface area contributed by atoms with E-state index in [2.05, 4.69) is 4.90 Å². The molecule has 5 nitrogen and oxygen atoms in total. The smallest absolute Gasteiger partial charge is 0.335 e. The van der Waals surface area contributed by atoms with Gasteiger partial charge in [-0.15, -0.1) is 0 Å². The van der Waals surface area contributed by atoms with Crippen molar-refractivity contribution in [3.8, 4) is 0 Å². The molecule has 6 heteroatoms. The van der Waals surface area contributed by atoms with Crippen LogP contribution in [0.4, 0.5) is 4.39 Å². The number of hydrogen-bond donors (Lipinski definition) is 1. The molecule has 0 saturated carbocycles. The zero-order valence-corrected chi connectivity index (χ0v) is 11.9. The molecular weight excluding hydrogens is 289 g/mol. The molecule has 1 aliphatic heterocycles. The molecule has 1 fully saturated rings. The van der Waals surface area contributed by atoms with Crippen LogP contribution in [0.3, 0.4) is 0 Å². The van der Waals surface area contributed by atoms with Gasteiger partial charge in [-0.2, -0.15) is 0 Å². The van der Waals surface area contributed by atoms with Crippen molar-refractivity contribution in [1.82, 2.24) is 4.90 Å². The number of carboxylic acids is 1. The molecule has 0 radical (unpaired) electrons. The second-order valence-corrected chi connectivity index (χ2v) is 5.22. The lowest BCUT2D eigenvalue weighted by Crippen LogP contribution is -2.37. The van der Waals surface area contributed by atoms with Crippen molar-refractivity contribution in [2.24, 2.45) is 0 Å². The first-order valence-corrected chi connectivity index (χ1v) is 7.02. The van der Waals surface area contributed by atoms with Crippen LogP contribution in [0.2, 0.25) is 0 Å². The number of carboxylic acid groups (broad SMARTS) is 1. The van der Waals surface area contributed by atoms with E-state index in [1.165, 1.54) is 12.1 Å². The fourth-order valence-electron chi connectivity index (χ4n) is 2.54. The summed E-state index contributed by atoms with van der Waals surface area (Å²) >= 11 is 0. The molecule has 2 heterocycles. The van der Waals surface area contributed by atoms with Crippen molar-refractivity contribution < 1.29 is 23.4 Å². The standard InChI is InChI=1S/C16H16FNO4/c17-13-8-11(16(19)20)3-4-12(13)9-18-5-7-22-15(10-18)14-2-1-6-21-14/h1-4,6,8,15H,5,7,9-10H2,(H,19,20). The number of ether oxygens (including phenoxy) is 1. The van der Waals surface area contributed by atoms with E-state index in [0.29, 0.717) is 31.8 Å². The van der Waals surface area contributed by atoms with Gasteiger partial charge in [-0.3, -0.25) is 4.90 Å². The molecule has 0 spiro atoms. The largest absolute Gasteiger partial charge is 0.478 e. The second-order valence-electron chi connectivity index (χ2n) is 5.22. The van der Waals surface area contributed by atoms with Gasteiger partial charge in [-0.1, -0.05) is 6.07 Å². The van der Waals surface area contributed by atoms with E-state index < -0.39 is 11.8 Å². The van der Waals surface area contributed by atoms with Gasteiger partial charge < -0.3 is 14.3 Å². The summed E-state index contributed by atoms with van der Waals surface area (Å²) in [5.41, 5.74) is 0.432. The predicted octanol–water partition coefficient (Wildman–Crippen LogP) is 2.69. The Bertz CT molecular complexity index is 656. The highest BCUT2D eigenvalue weighted by molar-refractivity contribution is 5.87. The van der Waals surface area contributed by atoms with E-state index in [1.54, 1.807) is 6.26 Å². The summed E-state index contributed by atoms with van der Waals surface area (Å²) in [6.45, 7) is 2.25. The summed E-state index contributed by atoms with van der Waals surface area (Å²) in [6.07, 6.45) is 1.44. The van der Waals surface area contributed by atoms with Gasteiger partial charge in [0.15, 0.2) is 0 Å². The van der Waals surface area contributed by atoms with Crippen LogP contribution in [-0.2, 0) is 11.3 Å². The lowest BCUT2D eigenvalue weighted by atomic mass is 10.1. The molecule has 0 aliphatic carbocycles. The van der Waals surface area contributed by atoms with Gasteiger partial charge in [-0.25, -0.2) is 9.18 Å². The number of halogens is 1. The highest BCUT2D eigenvalue weighted by Gasteiger charge is 2.24. The molecule has 1 N–H and O–H groups in total. The van der Waals surface area contributed by atoms with E-state index in [9.17, 15) is 9.18 Å². The minimum absolute atomic E-state index is 0.0447. The van der Waals surface area contributed by atoms with E-state index >= 15 is 0 Å². The van der Waals surface area contributed by atoms with E-state index in [1.807, 2.05) is 12.1 Å². The Balaban J connectivity index is 1.69. The van der Waals surface area contributed by atoms with E-state index in [0.717, 1.165) is 11.8 Å². The molecular formula is C16H16FNO4. The Labute approximate surface area is 126 Å². The van der Waals surface area contributed by atoms with Gasteiger partial charge in [0.2, 0.25) is 0 Å². The number of morpholine rings is 1. The molecule has 1 unspecified atom stereocenters. The molecule has 3 rings (SSSR count). The first-order valence-electron chi connectivity index (χ1n) is 7.02. The Kier molecular flexibility index (Phi) is 4.22.